The van der Waals surface area contributed by atoms with Crippen LogP contribution in [-0.4, -0.2) is 54.1 Å². The van der Waals surface area contributed by atoms with Crippen LogP contribution in [0.25, 0.3) is 0 Å². The summed E-state index contributed by atoms with van der Waals surface area (Å²) in [6.45, 7) is 3.43. The highest BCUT2D eigenvalue weighted by Gasteiger charge is 2.37. The average molecular weight is 352 g/mol. The molecule has 2 saturated heterocycles. The van der Waals surface area contributed by atoms with Crippen LogP contribution in [0.5, 0.6) is 0 Å². The first-order chi connectivity index (χ1) is 11.4. The summed E-state index contributed by atoms with van der Waals surface area (Å²) in [4.78, 5) is 38.8. The van der Waals surface area contributed by atoms with Crippen molar-refractivity contribution in [3.63, 3.8) is 0 Å². The van der Waals surface area contributed by atoms with Gasteiger partial charge in [-0.2, -0.15) is 0 Å². The zero-order valence-electron chi connectivity index (χ0n) is 13.2. The van der Waals surface area contributed by atoms with Gasteiger partial charge in [0.25, 0.3) is 5.91 Å². The summed E-state index contributed by atoms with van der Waals surface area (Å²) in [5.74, 6) is -1.78. The topological polar surface area (TPSA) is 90.0 Å². The Morgan fingerprint density at radius 1 is 1.33 bits per heavy atom. The van der Waals surface area contributed by atoms with Gasteiger partial charge in [-0.15, -0.1) is 0 Å². The van der Waals surface area contributed by atoms with Crippen LogP contribution in [0.15, 0.2) is 18.2 Å². The molecule has 7 nitrogen and oxygen atoms in total. The maximum absolute atomic E-state index is 12.7. The SMILES string of the molecule is C[C@@H]1CN(C(=O)c2ccc(Cl)c(N3CCNC3=O)c2)C[C@H]1C(=O)O. The van der Waals surface area contributed by atoms with E-state index in [0.717, 1.165) is 0 Å². The Kier molecular flexibility index (Phi) is 4.36. The van der Waals surface area contributed by atoms with E-state index in [9.17, 15) is 19.5 Å². The van der Waals surface area contributed by atoms with Crippen molar-refractivity contribution in [3.05, 3.63) is 28.8 Å². The van der Waals surface area contributed by atoms with Crippen LogP contribution in [0.3, 0.4) is 0 Å². The molecule has 2 aliphatic heterocycles. The van der Waals surface area contributed by atoms with Crippen molar-refractivity contribution in [3.8, 4) is 0 Å². The normalized spacial score (nSPS) is 23.5. The van der Waals surface area contributed by atoms with E-state index >= 15 is 0 Å². The lowest BCUT2D eigenvalue weighted by Crippen LogP contribution is -2.31. The standard InChI is InChI=1S/C16H18ClN3O4/c1-9-7-19(8-11(9)15(22)23)14(21)10-2-3-12(17)13(6-10)20-5-4-18-16(20)24/h2-3,6,9,11H,4-5,7-8H2,1H3,(H,18,24)(H,22,23)/t9-,11-/m1/s1. The van der Waals surface area contributed by atoms with Crippen molar-refractivity contribution in [1.82, 2.24) is 10.2 Å². The van der Waals surface area contributed by atoms with E-state index in [4.69, 9.17) is 11.6 Å². The van der Waals surface area contributed by atoms with E-state index in [-0.39, 0.29) is 24.4 Å². The van der Waals surface area contributed by atoms with Crippen molar-refractivity contribution in [2.75, 3.05) is 31.1 Å². The Balaban J connectivity index is 1.84. The zero-order chi connectivity index (χ0) is 17.4. The Bertz CT molecular complexity index is 709. The Hall–Kier alpha value is -2.28. The third-order valence-corrected chi connectivity index (χ3v) is 4.88. The van der Waals surface area contributed by atoms with Gasteiger partial charge in [-0.25, -0.2) is 4.79 Å². The van der Waals surface area contributed by atoms with Crippen molar-refractivity contribution in [1.29, 1.82) is 0 Å². The fourth-order valence-corrected chi connectivity index (χ4v) is 3.41. The summed E-state index contributed by atoms with van der Waals surface area (Å²) in [5.41, 5.74) is 0.881. The summed E-state index contributed by atoms with van der Waals surface area (Å²) in [6, 6.07) is 4.53. The van der Waals surface area contributed by atoms with Crippen LogP contribution >= 0.6 is 11.6 Å². The molecule has 3 amide bonds. The molecule has 24 heavy (non-hydrogen) atoms. The predicted octanol–water partition coefficient (Wildman–Crippen LogP) is 1.66. The van der Waals surface area contributed by atoms with Crippen LogP contribution < -0.4 is 10.2 Å². The number of carboxylic acids is 1. The van der Waals surface area contributed by atoms with E-state index in [1.54, 1.807) is 23.1 Å². The first-order valence-corrected chi connectivity index (χ1v) is 8.13. The third-order valence-electron chi connectivity index (χ3n) is 4.56. The van der Waals surface area contributed by atoms with Gasteiger partial charge in [0.1, 0.15) is 0 Å². The fraction of sp³-hybridized carbons (Fsp3) is 0.438. The second kappa shape index (κ2) is 6.32. The molecule has 2 heterocycles. The molecule has 3 rings (SSSR count). The molecule has 2 N–H and O–H groups in total. The fourth-order valence-electron chi connectivity index (χ4n) is 3.19. The molecule has 128 valence electrons. The molecule has 0 spiro atoms. The summed E-state index contributed by atoms with van der Waals surface area (Å²) >= 11 is 6.17. The zero-order valence-corrected chi connectivity index (χ0v) is 13.9. The van der Waals surface area contributed by atoms with Crippen LogP contribution in [0.4, 0.5) is 10.5 Å². The minimum atomic E-state index is -0.886. The van der Waals surface area contributed by atoms with Gasteiger partial charge in [0, 0.05) is 31.7 Å². The summed E-state index contributed by atoms with van der Waals surface area (Å²) in [6.07, 6.45) is 0. The van der Waals surface area contributed by atoms with Gasteiger partial charge in [0.2, 0.25) is 0 Å². The van der Waals surface area contributed by atoms with Gasteiger partial charge >= 0.3 is 12.0 Å². The number of nitrogens with zero attached hydrogens (tertiary/aromatic N) is 2. The lowest BCUT2D eigenvalue weighted by atomic mass is 9.99. The van der Waals surface area contributed by atoms with E-state index in [1.165, 1.54) is 4.90 Å². The van der Waals surface area contributed by atoms with Crippen LogP contribution in [0, 0.1) is 11.8 Å². The first-order valence-electron chi connectivity index (χ1n) is 7.75. The van der Waals surface area contributed by atoms with Crippen molar-refractivity contribution < 1.29 is 19.5 Å². The molecular weight excluding hydrogens is 334 g/mol. The number of amides is 3. The first kappa shape index (κ1) is 16.6. The van der Waals surface area contributed by atoms with Crippen molar-refractivity contribution >= 4 is 35.2 Å². The summed E-state index contributed by atoms with van der Waals surface area (Å²) < 4.78 is 0. The number of urea groups is 1. The summed E-state index contributed by atoms with van der Waals surface area (Å²) in [5, 5.41) is 12.3. The molecular formula is C16H18ClN3O4. The number of nitrogens with one attached hydrogen (secondary N) is 1. The molecule has 8 heteroatoms. The minimum absolute atomic E-state index is 0.0948. The predicted molar refractivity (Wildman–Crippen MR) is 88.4 cm³/mol. The van der Waals surface area contributed by atoms with Crippen LogP contribution in [0.1, 0.15) is 17.3 Å². The number of carbonyl (C=O) groups is 3. The lowest BCUT2D eigenvalue weighted by molar-refractivity contribution is -0.142. The van der Waals surface area contributed by atoms with Gasteiger partial charge in [-0.05, 0) is 24.1 Å². The number of benzene rings is 1. The number of carboxylic acid groups (broad SMARTS) is 1. The molecule has 0 saturated carbocycles. The van der Waals surface area contributed by atoms with Crippen LogP contribution in [-0.2, 0) is 4.79 Å². The average Bonchev–Trinajstić information content (AvgIpc) is 3.13. The monoisotopic (exact) mass is 351 g/mol. The van der Waals surface area contributed by atoms with Crippen molar-refractivity contribution in [2.24, 2.45) is 11.8 Å². The van der Waals surface area contributed by atoms with Crippen molar-refractivity contribution in [2.45, 2.75) is 6.92 Å². The molecule has 0 aromatic heterocycles. The van der Waals surface area contributed by atoms with Gasteiger partial charge < -0.3 is 15.3 Å². The number of anilines is 1. The molecule has 0 radical (unpaired) electrons. The molecule has 0 bridgehead atoms. The van der Waals surface area contributed by atoms with E-state index in [0.29, 0.717) is 35.9 Å². The number of rotatable bonds is 3. The molecule has 1 aromatic rings. The highest BCUT2D eigenvalue weighted by molar-refractivity contribution is 6.34. The smallest absolute Gasteiger partial charge is 0.322 e. The Morgan fingerprint density at radius 3 is 2.67 bits per heavy atom. The number of hydrogen-bond acceptors (Lipinski definition) is 3. The van der Waals surface area contributed by atoms with E-state index in [2.05, 4.69) is 5.32 Å². The number of hydrogen-bond donors (Lipinski definition) is 2. The molecule has 0 aliphatic carbocycles. The second-order valence-corrected chi connectivity index (χ2v) is 6.59. The maximum Gasteiger partial charge on any atom is 0.322 e. The van der Waals surface area contributed by atoms with Gasteiger partial charge in [-0.3, -0.25) is 14.5 Å². The van der Waals surface area contributed by atoms with Gasteiger partial charge in [-0.1, -0.05) is 18.5 Å². The summed E-state index contributed by atoms with van der Waals surface area (Å²) in [7, 11) is 0. The molecule has 1 aromatic carbocycles. The van der Waals surface area contributed by atoms with Crippen LogP contribution in [0.2, 0.25) is 5.02 Å². The highest BCUT2D eigenvalue weighted by Crippen LogP contribution is 2.30. The molecule has 2 atom stereocenters. The number of halogens is 1. The maximum atomic E-state index is 12.7. The minimum Gasteiger partial charge on any atom is -0.481 e. The third kappa shape index (κ3) is 2.91. The Labute approximate surface area is 144 Å². The number of carbonyl (C=O) groups excluding carboxylic acids is 2. The molecule has 0 unspecified atom stereocenters. The highest BCUT2D eigenvalue weighted by atomic mass is 35.5. The molecule has 2 aliphatic rings. The van der Waals surface area contributed by atoms with Gasteiger partial charge in [0.05, 0.1) is 16.6 Å². The quantitative estimate of drug-likeness (QED) is 0.866. The largest absolute Gasteiger partial charge is 0.481 e. The molecule has 2 fully saturated rings. The van der Waals surface area contributed by atoms with E-state index < -0.39 is 11.9 Å². The van der Waals surface area contributed by atoms with Gasteiger partial charge in [0.15, 0.2) is 0 Å². The number of aliphatic carboxylic acids is 1. The Morgan fingerprint density at radius 2 is 2.08 bits per heavy atom. The van der Waals surface area contributed by atoms with E-state index in [1.807, 2.05) is 6.92 Å². The lowest BCUT2D eigenvalue weighted by Gasteiger charge is -2.19. The second-order valence-electron chi connectivity index (χ2n) is 6.18. The number of likely N-dealkylation sites (tertiary alicyclic amines) is 1.